The summed E-state index contributed by atoms with van der Waals surface area (Å²) in [6.45, 7) is 5.61. The Morgan fingerprint density at radius 1 is 1.06 bits per heavy atom. The van der Waals surface area contributed by atoms with Gasteiger partial charge in [0.2, 0.25) is 11.7 Å². The zero-order chi connectivity index (χ0) is 21.5. The number of guanidine groups is 1. The lowest BCUT2D eigenvalue weighted by Gasteiger charge is -2.36. The van der Waals surface area contributed by atoms with E-state index in [-0.39, 0.29) is 0 Å². The SMILES string of the molecule is CN=C(NCCc1nc(-c2ccc(Cl)cc2)no1)N1CCN(Cc2ccccc2)CC1. The summed E-state index contributed by atoms with van der Waals surface area (Å²) in [4.78, 5) is 13.7. The number of piperazine rings is 1. The number of aliphatic imine (C=N–C) groups is 1. The summed E-state index contributed by atoms with van der Waals surface area (Å²) in [5.74, 6) is 2.09. The van der Waals surface area contributed by atoms with E-state index < -0.39 is 0 Å². The molecule has 1 fully saturated rings. The molecule has 0 radical (unpaired) electrons. The molecule has 0 spiro atoms. The van der Waals surface area contributed by atoms with Gasteiger partial charge in [-0.15, -0.1) is 0 Å². The summed E-state index contributed by atoms with van der Waals surface area (Å²) in [7, 11) is 1.82. The van der Waals surface area contributed by atoms with Crippen LogP contribution in [0.3, 0.4) is 0 Å². The fourth-order valence-corrected chi connectivity index (χ4v) is 3.77. The molecule has 1 aromatic heterocycles. The molecule has 1 aliphatic rings. The maximum absolute atomic E-state index is 5.93. The van der Waals surface area contributed by atoms with Crippen LogP contribution >= 0.6 is 11.6 Å². The zero-order valence-corrected chi connectivity index (χ0v) is 18.4. The topological polar surface area (TPSA) is 69.8 Å². The second-order valence-electron chi connectivity index (χ2n) is 7.49. The van der Waals surface area contributed by atoms with Crippen LogP contribution in [0, 0.1) is 0 Å². The van der Waals surface area contributed by atoms with Crippen molar-refractivity contribution in [1.82, 2.24) is 25.3 Å². The van der Waals surface area contributed by atoms with Gasteiger partial charge in [0.15, 0.2) is 5.96 Å². The van der Waals surface area contributed by atoms with Crippen molar-refractivity contribution in [2.45, 2.75) is 13.0 Å². The summed E-state index contributed by atoms with van der Waals surface area (Å²) >= 11 is 5.93. The van der Waals surface area contributed by atoms with Crippen LogP contribution in [-0.2, 0) is 13.0 Å². The molecule has 7 nitrogen and oxygen atoms in total. The number of hydrogen-bond acceptors (Lipinski definition) is 5. The normalized spacial score (nSPS) is 15.3. The molecular formula is C23H27ClN6O. The minimum atomic E-state index is 0.575. The van der Waals surface area contributed by atoms with Gasteiger partial charge >= 0.3 is 0 Å². The van der Waals surface area contributed by atoms with E-state index in [4.69, 9.17) is 16.1 Å². The Morgan fingerprint density at radius 2 is 1.81 bits per heavy atom. The molecule has 2 heterocycles. The third kappa shape index (κ3) is 5.83. The van der Waals surface area contributed by atoms with Crippen LogP contribution in [0.2, 0.25) is 5.02 Å². The molecule has 3 aromatic rings. The molecule has 0 unspecified atom stereocenters. The van der Waals surface area contributed by atoms with Crippen LogP contribution in [0.4, 0.5) is 0 Å². The van der Waals surface area contributed by atoms with E-state index in [0.29, 0.717) is 29.7 Å². The van der Waals surface area contributed by atoms with Gasteiger partial charge in [0.05, 0.1) is 0 Å². The lowest BCUT2D eigenvalue weighted by molar-refractivity contribution is 0.172. The number of nitrogens with one attached hydrogen (secondary N) is 1. The van der Waals surface area contributed by atoms with Gasteiger partial charge in [-0.3, -0.25) is 9.89 Å². The summed E-state index contributed by atoms with van der Waals surface area (Å²) in [6.07, 6.45) is 0.633. The molecule has 1 saturated heterocycles. The third-order valence-electron chi connectivity index (χ3n) is 5.33. The number of benzene rings is 2. The zero-order valence-electron chi connectivity index (χ0n) is 17.7. The summed E-state index contributed by atoms with van der Waals surface area (Å²) in [5, 5.41) is 8.17. The third-order valence-corrected chi connectivity index (χ3v) is 5.58. The molecule has 0 amide bonds. The Labute approximate surface area is 187 Å². The monoisotopic (exact) mass is 438 g/mol. The van der Waals surface area contributed by atoms with Crippen molar-refractivity contribution in [3.05, 3.63) is 71.1 Å². The number of aromatic nitrogens is 2. The largest absolute Gasteiger partial charge is 0.356 e. The van der Waals surface area contributed by atoms with Gasteiger partial charge in [-0.05, 0) is 29.8 Å². The van der Waals surface area contributed by atoms with Crippen molar-refractivity contribution < 1.29 is 4.52 Å². The quantitative estimate of drug-likeness (QED) is 0.470. The van der Waals surface area contributed by atoms with E-state index in [2.05, 4.69) is 60.6 Å². The number of nitrogens with zero attached hydrogens (tertiary/aromatic N) is 5. The Hall–Kier alpha value is -2.90. The Balaban J connectivity index is 1.23. The van der Waals surface area contributed by atoms with Crippen LogP contribution in [0.25, 0.3) is 11.4 Å². The maximum Gasteiger partial charge on any atom is 0.228 e. The highest BCUT2D eigenvalue weighted by atomic mass is 35.5. The van der Waals surface area contributed by atoms with E-state index >= 15 is 0 Å². The molecule has 1 N–H and O–H groups in total. The van der Waals surface area contributed by atoms with Crippen molar-refractivity contribution in [3.8, 4) is 11.4 Å². The van der Waals surface area contributed by atoms with Crippen LogP contribution in [0.5, 0.6) is 0 Å². The second kappa shape index (κ2) is 10.4. The number of rotatable bonds is 6. The fourth-order valence-electron chi connectivity index (χ4n) is 3.65. The fraction of sp³-hybridized carbons (Fsp3) is 0.348. The summed E-state index contributed by atoms with van der Waals surface area (Å²) in [6, 6.07) is 18.0. The van der Waals surface area contributed by atoms with E-state index in [1.165, 1.54) is 5.56 Å². The standard InChI is InChI=1S/C23H27ClN6O/c1-25-23(30-15-13-29(14-16-30)17-18-5-3-2-4-6-18)26-12-11-21-27-22(28-31-21)19-7-9-20(24)10-8-19/h2-10H,11-17H2,1H3,(H,25,26). The number of hydrogen-bond donors (Lipinski definition) is 1. The van der Waals surface area contributed by atoms with Gasteiger partial charge in [0.25, 0.3) is 0 Å². The average Bonchev–Trinajstić information content (AvgIpc) is 3.28. The van der Waals surface area contributed by atoms with E-state index in [1.54, 1.807) is 0 Å². The first-order valence-corrected chi connectivity index (χ1v) is 10.9. The molecule has 0 atom stereocenters. The Kier molecular flexibility index (Phi) is 7.17. The van der Waals surface area contributed by atoms with Gasteiger partial charge in [0, 0.05) is 63.3 Å². The molecule has 1 aliphatic heterocycles. The average molecular weight is 439 g/mol. The van der Waals surface area contributed by atoms with Gasteiger partial charge in [-0.25, -0.2) is 0 Å². The highest BCUT2D eigenvalue weighted by Gasteiger charge is 2.19. The molecule has 4 rings (SSSR count). The molecule has 0 aliphatic carbocycles. The molecular weight excluding hydrogens is 412 g/mol. The van der Waals surface area contributed by atoms with E-state index in [9.17, 15) is 0 Å². The minimum Gasteiger partial charge on any atom is -0.356 e. The maximum atomic E-state index is 5.93. The predicted molar refractivity (Wildman–Crippen MR) is 123 cm³/mol. The van der Waals surface area contributed by atoms with Crippen molar-refractivity contribution >= 4 is 17.6 Å². The van der Waals surface area contributed by atoms with Crippen LogP contribution in [0.1, 0.15) is 11.5 Å². The molecule has 2 aromatic carbocycles. The van der Waals surface area contributed by atoms with Crippen molar-refractivity contribution in [1.29, 1.82) is 0 Å². The molecule has 8 heteroatoms. The molecule has 0 saturated carbocycles. The van der Waals surface area contributed by atoms with Crippen LogP contribution in [0.15, 0.2) is 64.1 Å². The van der Waals surface area contributed by atoms with Crippen molar-refractivity contribution in [2.75, 3.05) is 39.8 Å². The first-order valence-electron chi connectivity index (χ1n) is 10.5. The van der Waals surface area contributed by atoms with Gasteiger partial charge in [-0.2, -0.15) is 4.98 Å². The van der Waals surface area contributed by atoms with Gasteiger partial charge < -0.3 is 14.7 Å². The molecule has 31 heavy (non-hydrogen) atoms. The lowest BCUT2D eigenvalue weighted by atomic mass is 10.2. The summed E-state index contributed by atoms with van der Waals surface area (Å²) in [5.41, 5.74) is 2.24. The van der Waals surface area contributed by atoms with Gasteiger partial charge in [0.1, 0.15) is 0 Å². The predicted octanol–water partition coefficient (Wildman–Crippen LogP) is 3.33. The minimum absolute atomic E-state index is 0.575. The second-order valence-corrected chi connectivity index (χ2v) is 7.93. The molecule has 0 bridgehead atoms. The van der Waals surface area contributed by atoms with Crippen LogP contribution in [-0.4, -0.2) is 65.7 Å². The highest BCUT2D eigenvalue weighted by Crippen LogP contribution is 2.18. The highest BCUT2D eigenvalue weighted by molar-refractivity contribution is 6.30. The smallest absolute Gasteiger partial charge is 0.228 e. The first kappa shape index (κ1) is 21.3. The Morgan fingerprint density at radius 3 is 2.52 bits per heavy atom. The Bertz CT molecular complexity index is 981. The number of halogens is 1. The first-order chi connectivity index (χ1) is 15.2. The lowest BCUT2D eigenvalue weighted by Crippen LogP contribution is -2.52. The molecule has 162 valence electrons. The van der Waals surface area contributed by atoms with Crippen LogP contribution < -0.4 is 5.32 Å². The van der Waals surface area contributed by atoms with Gasteiger partial charge in [-0.1, -0.05) is 47.1 Å². The van der Waals surface area contributed by atoms with Crippen molar-refractivity contribution in [2.24, 2.45) is 4.99 Å². The van der Waals surface area contributed by atoms with Crippen molar-refractivity contribution in [3.63, 3.8) is 0 Å². The van der Waals surface area contributed by atoms with E-state index in [0.717, 1.165) is 44.2 Å². The van der Waals surface area contributed by atoms with E-state index in [1.807, 2.05) is 31.3 Å². The summed E-state index contributed by atoms with van der Waals surface area (Å²) < 4.78 is 5.39.